The molecular formula is C11H12O. The first-order valence-corrected chi connectivity index (χ1v) is 4.28. The third kappa shape index (κ3) is 1.56. The van der Waals surface area contributed by atoms with Gasteiger partial charge in [0.25, 0.3) is 0 Å². The zero-order valence-electron chi connectivity index (χ0n) is 6.94. The van der Waals surface area contributed by atoms with Crippen molar-refractivity contribution in [3.05, 3.63) is 48.0 Å². The minimum absolute atomic E-state index is 0.274. The third-order valence-electron chi connectivity index (χ3n) is 2.08. The monoisotopic (exact) mass is 160 g/mol. The minimum atomic E-state index is 0.274. The van der Waals surface area contributed by atoms with E-state index < -0.39 is 0 Å². The van der Waals surface area contributed by atoms with Gasteiger partial charge in [-0.25, -0.2) is 0 Å². The van der Waals surface area contributed by atoms with E-state index in [-0.39, 0.29) is 6.10 Å². The third-order valence-corrected chi connectivity index (χ3v) is 2.08. The molecule has 0 aromatic heterocycles. The molecule has 1 aromatic carbocycles. The molecule has 2 rings (SSSR count). The Morgan fingerprint density at radius 1 is 1.08 bits per heavy atom. The molecule has 1 nitrogen and oxygen atoms in total. The summed E-state index contributed by atoms with van der Waals surface area (Å²) in [6, 6.07) is 10.4. The van der Waals surface area contributed by atoms with Crippen LogP contribution in [-0.2, 0) is 4.74 Å². The summed E-state index contributed by atoms with van der Waals surface area (Å²) in [5.74, 6) is 0. The second kappa shape index (κ2) is 3.55. The lowest BCUT2D eigenvalue weighted by Crippen LogP contribution is -2.06. The fraction of sp³-hybridized carbons (Fsp3) is 0.273. The molecule has 12 heavy (non-hydrogen) atoms. The van der Waals surface area contributed by atoms with Gasteiger partial charge < -0.3 is 4.74 Å². The molecule has 0 spiro atoms. The average Bonchev–Trinajstić information content (AvgIpc) is 2.21. The maximum atomic E-state index is 5.58. The summed E-state index contributed by atoms with van der Waals surface area (Å²) in [5, 5.41) is 0. The van der Waals surface area contributed by atoms with E-state index in [1.165, 1.54) is 5.56 Å². The quantitative estimate of drug-likeness (QED) is 0.574. The van der Waals surface area contributed by atoms with E-state index in [1.807, 2.05) is 6.07 Å². The van der Waals surface area contributed by atoms with E-state index in [4.69, 9.17) is 4.74 Å². The summed E-state index contributed by atoms with van der Waals surface area (Å²) in [6.07, 6.45) is 5.53. The summed E-state index contributed by atoms with van der Waals surface area (Å²) >= 11 is 0. The second-order valence-corrected chi connectivity index (χ2v) is 2.94. The largest absolute Gasteiger partial charge is 0.369 e. The van der Waals surface area contributed by atoms with Gasteiger partial charge in [0.15, 0.2) is 0 Å². The van der Waals surface area contributed by atoms with Gasteiger partial charge >= 0.3 is 0 Å². The SMILES string of the molecule is C1=CC[C@@H](c2ccccc2)OC1. The Morgan fingerprint density at radius 3 is 2.58 bits per heavy atom. The topological polar surface area (TPSA) is 9.23 Å². The Morgan fingerprint density at radius 2 is 1.92 bits per heavy atom. The van der Waals surface area contributed by atoms with Gasteiger partial charge in [-0.2, -0.15) is 0 Å². The molecule has 1 heteroatoms. The molecule has 1 aliphatic rings. The number of rotatable bonds is 1. The van der Waals surface area contributed by atoms with Crippen molar-refractivity contribution in [2.75, 3.05) is 6.61 Å². The molecule has 1 aliphatic heterocycles. The van der Waals surface area contributed by atoms with Crippen LogP contribution in [0.15, 0.2) is 42.5 Å². The van der Waals surface area contributed by atoms with Crippen LogP contribution in [0, 0.1) is 0 Å². The lowest BCUT2D eigenvalue weighted by molar-refractivity contribution is 0.0678. The first kappa shape index (κ1) is 7.56. The van der Waals surface area contributed by atoms with E-state index in [9.17, 15) is 0 Å². The minimum Gasteiger partial charge on any atom is -0.369 e. The van der Waals surface area contributed by atoms with Crippen molar-refractivity contribution in [2.24, 2.45) is 0 Å². The molecule has 0 aliphatic carbocycles. The van der Waals surface area contributed by atoms with Crippen LogP contribution in [-0.4, -0.2) is 6.61 Å². The van der Waals surface area contributed by atoms with E-state index in [0.29, 0.717) is 0 Å². The first-order valence-electron chi connectivity index (χ1n) is 4.28. The normalized spacial score (nSPS) is 22.5. The van der Waals surface area contributed by atoms with Crippen LogP contribution in [0.3, 0.4) is 0 Å². The maximum Gasteiger partial charge on any atom is 0.0863 e. The Hall–Kier alpha value is -1.08. The highest BCUT2D eigenvalue weighted by Gasteiger charge is 2.11. The van der Waals surface area contributed by atoms with Crippen LogP contribution >= 0.6 is 0 Å². The molecule has 1 atom stereocenters. The van der Waals surface area contributed by atoms with Gasteiger partial charge in [-0.3, -0.25) is 0 Å². The molecule has 0 fully saturated rings. The van der Waals surface area contributed by atoms with E-state index in [0.717, 1.165) is 13.0 Å². The number of hydrogen-bond acceptors (Lipinski definition) is 1. The average molecular weight is 160 g/mol. The Bertz CT molecular complexity index is 264. The number of benzene rings is 1. The molecule has 0 saturated carbocycles. The second-order valence-electron chi connectivity index (χ2n) is 2.94. The molecule has 0 amide bonds. The highest BCUT2D eigenvalue weighted by Crippen LogP contribution is 2.23. The molecule has 62 valence electrons. The summed E-state index contributed by atoms with van der Waals surface area (Å²) in [7, 11) is 0. The van der Waals surface area contributed by atoms with Crippen molar-refractivity contribution in [2.45, 2.75) is 12.5 Å². The summed E-state index contributed by atoms with van der Waals surface area (Å²) in [5.41, 5.74) is 1.28. The van der Waals surface area contributed by atoms with Crippen molar-refractivity contribution in [1.82, 2.24) is 0 Å². The lowest BCUT2D eigenvalue weighted by Gasteiger charge is -2.18. The van der Waals surface area contributed by atoms with Gasteiger partial charge in [-0.1, -0.05) is 42.5 Å². The standard InChI is InChI=1S/C11H12O/c1-2-6-10(7-3-1)11-8-4-5-9-12-11/h1-7,11H,8-9H2/t11-/m0/s1. The Labute approximate surface area is 72.7 Å². The first-order chi connectivity index (χ1) is 5.97. The van der Waals surface area contributed by atoms with Gasteiger partial charge in [-0.15, -0.1) is 0 Å². The van der Waals surface area contributed by atoms with E-state index in [1.54, 1.807) is 0 Å². The maximum absolute atomic E-state index is 5.58. The van der Waals surface area contributed by atoms with Crippen LogP contribution in [0.2, 0.25) is 0 Å². The van der Waals surface area contributed by atoms with Crippen LogP contribution < -0.4 is 0 Å². The summed E-state index contributed by atoms with van der Waals surface area (Å²) in [6.45, 7) is 0.750. The zero-order valence-corrected chi connectivity index (χ0v) is 6.94. The molecular weight excluding hydrogens is 148 g/mol. The van der Waals surface area contributed by atoms with Crippen molar-refractivity contribution in [3.8, 4) is 0 Å². The van der Waals surface area contributed by atoms with Gasteiger partial charge in [0.05, 0.1) is 12.7 Å². The molecule has 0 N–H and O–H groups in total. The van der Waals surface area contributed by atoms with Crippen LogP contribution in [0.4, 0.5) is 0 Å². The van der Waals surface area contributed by atoms with Gasteiger partial charge in [-0.05, 0) is 12.0 Å². The van der Waals surface area contributed by atoms with Crippen LogP contribution in [0.5, 0.6) is 0 Å². The molecule has 1 aromatic rings. The number of hydrogen-bond donors (Lipinski definition) is 0. The molecule has 0 saturated heterocycles. The van der Waals surface area contributed by atoms with Crippen LogP contribution in [0.1, 0.15) is 18.1 Å². The van der Waals surface area contributed by atoms with Gasteiger partial charge in [0, 0.05) is 0 Å². The Balaban J connectivity index is 2.15. The molecule has 0 radical (unpaired) electrons. The summed E-state index contributed by atoms with van der Waals surface area (Å²) < 4.78 is 5.58. The smallest absolute Gasteiger partial charge is 0.0863 e. The van der Waals surface area contributed by atoms with Crippen molar-refractivity contribution in [3.63, 3.8) is 0 Å². The van der Waals surface area contributed by atoms with Crippen LogP contribution in [0.25, 0.3) is 0 Å². The molecule has 0 unspecified atom stereocenters. The molecule has 0 bridgehead atoms. The van der Waals surface area contributed by atoms with Crippen molar-refractivity contribution < 1.29 is 4.74 Å². The van der Waals surface area contributed by atoms with E-state index >= 15 is 0 Å². The van der Waals surface area contributed by atoms with Crippen molar-refractivity contribution in [1.29, 1.82) is 0 Å². The predicted octanol–water partition coefficient (Wildman–Crippen LogP) is 2.70. The fourth-order valence-electron chi connectivity index (χ4n) is 1.43. The fourth-order valence-corrected chi connectivity index (χ4v) is 1.43. The number of ether oxygens (including phenoxy) is 1. The lowest BCUT2D eigenvalue weighted by atomic mass is 10.1. The predicted molar refractivity (Wildman–Crippen MR) is 48.9 cm³/mol. The highest BCUT2D eigenvalue weighted by atomic mass is 16.5. The Kier molecular flexibility index (Phi) is 2.23. The summed E-state index contributed by atoms with van der Waals surface area (Å²) in [4.78, 5) is 0. The van der Waals surface area contributed by atoms with Gasteiger partial charge in [0.1, 0.15) is 0 Å². The van der Waals surface area contributed by atoms with Crippen molar-refractivity contribution >= 4 is 0 Å². The van der Waals surface area contributed by atoms with E-state index in [2.05, 4.69) is 36.4 Å². The zero-order chi connectivity index (χ0) is 8.23. The highest BCUT2D eigenvalue weighted by molar-refractivity contribution is 5.19. The molecule has 1 heterocycles. The van der Waals surface area contributed by atoms with Gasteiger partial charge in [0.2, 0.25) is 0 Å².